The maximum atomic E-state index is 10.9. The van der Waals surface area contributed by atoms with Crippen LogP contribution in [-0.2, 0) is 0 Å². The summed E-state index contributed by atoms with van der Waals surface area (Å²) in [5, 5.41) is 21.4. The molecule has 2 heteroatoms. The molecular formula is C14H24O2. The third kappa shape index (κ3) is 1.46. The van der Waals surface area contributed by atoms with Crippen LogP contribution < -0.4 is 0 Å². The van der Waals surface area contributed by atoms with E-state index in [2.05, 4.69) is 6.92 Å². The molecule has 4 aliphatic carbocycles. The quantitative estimate of drug-likeness (QED) is 0.773. The Morgan fingerprint density at radius 1 is 1.06 bits per heavy atom. The van der Waals surface area contributed by atoms with Crippen LogP contribution in [0.5, 0.6) is 0 Å². The average Bonchev–Trinajstić information content (AvgIpc) is 2.21. The van der Waals surface area contributed by atoms with E-state index in [0.717, 1.165) is 38.5 Å². The zero-order chi connectivity index (χ0) is 11.4. The van der Waals surface area contributed by atoms with Crippen molar-refractivity contribution < 1.29 is 10.2 Å². The minimum atomic E-state index is -0.431. The molecule has 2 atom stereocenters. The molecule has 2 unspecified atom stereocenters. The van der Waals surface area contributed by atoms with Crippen molar-refractivity contribution in [2.24, 2.45) is 17.8 Å². The van der Waals surface area contributed by atoms with E-state index in [1.54, 1.807) is 0 Å². The first-order valence-corrected chi connectivity index (χ1v) is 7.00. The average molecular weight is 224 g/mol. The third-order valence-corrected chi connectivity index (χ3v) is 5.50. The van der Waals surface area contributed by atoms with Crippen LogP contribution >= 0.6 is 0 Å². The predicted octanol–water partition coefficient (Wildman–Crippen LogP) is 2.48. The normalized spacial score (nSPS) is 54.6. The van der Waals surface area contributed by atoms with E-state index in [1.807, 2.05) is 0 Å². The standard InChI is InChI=1S/C14H24O2/c1-2-3-4-14(16)11-5-10-6-12(14)9-13(15,7-10)8-11/h10-12,15-16H,2-9H2,1H3. The maximum Gasteiger partial charge on any atom is 0.0706 e. The molecule has 4 bridgehead atoms. The van der Waals surface area contributed by atoms with Crippen LogP contribution in [-0.4, -0.2) is 21.4 Å². The van der Waals surface area contributed by atoms with Crippen molar-refractivity contribution in [3.8, 4) is 0 Å². The first kappa shape index (κ1) is 11.0. The lowest BCUT2D eigenvalue weighted by Gasteiger charge is -2.62. The minimum absolute atomic E-state index is 0.385. The van der Waals surface area contributed by atoms with Crippen LogP contribution in [0, 0.1) is 17.8 Å². The van der Waals surface area contributed by atoms with Crippen molar-refractivity contribution in [3.05, 3.63) is 0 Å². The summed E-state index contributed by atoms with van der Waals surface area (Å²) in [4.78, 5) is 0. The topological polar surface area (TPSA) is 40.5 Å². The molecule has 0 amide bonds. The van der Waals surface area contributed by atoms with E-state index < -0.39 is 11.2 Å². The Kier molecular flexibility index (Phi) is 2.38. The number of aliphatic hydroxyl groups is 2. The molecule has 4 fully saturated rings. The van der Waals surface area contributed by atoms with E-state index in [1.165, 1.54) is 12.8 Å². The van der Waals surface area contributed by atoms with E-state index >= 15 is 0 Å². The molecule has 4 aliphatic rings. The van der Waals surface area contributed by atoms with Gasteiger partial charge in [0.15, 0.2) is 0 Å². The van der Waals surface area contributed by atoms with Crippen molar-refractivity contribution in [3.63, 3.8) is 0 Å². The van der Waals surface area contributed by atoms with Crippen LogP contribution in [0.15, 0.2) is 0 Å². The molecule has 2 N–H and O–H groups in total. The predicted molar refractivity (Wildman–Crippen MR) is 63.0 cm³/mol. The Hall–Kier alpha value is -0.0800. The van der Waals surface area contributed by atoms with Gasteiger partial charge in [0.25, 0.3) is 0 Å². The molecule has 0 aromatic carbocycles. The highest BCUT2D eigenvalue weighted by molar-refractivity contribution is 5.12. The molecule has 0 saturated heterocycles. The summed E-state index contributed by atoms with van der Waals surface area (Å²) in [6.45, 7) is 2.19. The molecule has 0 radical (unpaired) electrons. The summed E-state index contributed by atoms with van der Waals surface area (Å²) in [7, 11) is 0. The summed E-state index contributed by atoms with van der Waals surface area (Å²) in [5.41, 5.74) is -0.839. The molecule has 16 heavy (non-hydrogen) atoms. The Balaban J connectivity index is 1.82. The molecule has 0 aromatic rings. The van der Waals surface area contributed by atoms with Crippen molar-refractivity contribution >= 4 is 0 Å². The van der Waals surface area contributed by atoms with Crippen LogP contribution in [0.2, 0.25) is 0 Å². The number of unbranched alkanes of at least 4 members (excludes halogenated alkanes) is 1. The SMILES string of the molecule is CCCCC1(O)C2CC3CC1CC(O)(C3)C2. The van der Waals surface area contributed by atoms with Gasteiger partial charge in [0.2, 0.25) is 0 Å². The molecule has 4 saturated carbocycles. The smallest absolute Gasteiger partial charge is 0.0706 e. The molecule has 2 nitrogen and oxygen atoms in total. The van der Waals surface area contributed by atoms with E-state index in [-0.39, 0.29) is 0 Å². The summed E-state index contributed by atoms with van der Waals surface area (Å²) in [5.74, 6) is 1.47. The van der Waals surface area contributed by atoms with Gasteiger partial charge in [-0.3, -0.25) is 0 Å². The lowest BCUT2D eigenvalue weighted by atomic mass is 9.47. The molecule has 0 heterocycles. The lowest BCUT2D eigenvalue weighted by Crippen LogP contribution is -2.63. The second-order valence-electron chi connectivity index (χ2n) is 6.66. The van der Waals surface area contributed by atoms with Crippen LogP contribution in [0.3, 0.4) is 0 Å². The number of hydrogen-bond acceptors (Lipinski definition) is 2. The van der Waals surface area contributed by atoms with E-state index in [4.69, 9.17) is 0 Å². The maximum absolute atomic E-state index is 10.9. The summed E-state index contributed by atoms with van der Waals surface area (Å²) < 4.78 is 0. The van der Waals surface area contributed by atoms with Gasteiger partial charge in [-0.1, -0.05) is 19.8 Å². The fourth-order valence-corrected chi connectivity index (χ4v) is 4.90. The van der Waals surface area contributed by atoms with Gasteiger partial charge in [-0.25, -0.2) is 0 Å². The van der Waals surface area contributed by atoms with Gasteiger partial charge >= 0.3 is 0 Å². The first-order valence-electron chi connectivity index (χ1n) is 7.00. The van der Waals surface area contributed by atoms with Gasteiger partial charge in [-0.05, 0) is 56.3 Å². The molecule has 4 rings (SSSR count). The Bertz CT molecular complexity index is 270. The van der Waals surface area contributed by atoms with Crippen LogP contribution in [0.4, 0.5) is 0 Å². The van der Waals surface area contributed by atoms with Gasteiger partial charge < -0.3 is 10.2 Å². The molecule has 0 spiro atoms. The lowest BCUT2D eigenvalue weighted by molar-refractivity contribution is -0.229. The van der Waals surface area contributed by atoms with Gasteiger partial charge in [0.05, 0.1) is 11.2 Å². The van der Waals surface area contributed by atoms with Crippen molar-refractivity contribution in [2.45, 2.75) is 69.5 Å². The summed E-state index contributed by atoms with van der Waals surface area (Å²) >= 11 is 0. The van der Waals surface area contributed by atoms with Crippen molar-refractivity contribution in [2.75, 3.05) is 0 Å². The highest BCUT2D eigenvalue weighted by Crippen LogP contribution is 2.60. The van der Waals surface area contributed by atoms with E-state index in [9.17, 15) is 10.2 Å². The van der Waals surface area contributed by atoms with Crippen LogP contribution in [0.1, 0.15) is 58.3 Å². The Labute approximate surface area is 98.1 Å². The van der Waals surface area contributed by atoms with E-state index in [0.29, 0.717) is 17.8 Å². The zero-order valence-electron chi connectivity index (χ0n) is 10.3. The van der Waals surface area contributed by atoms with Crippen LogP contribution in [0.25, 0.3) is 0 Å². The van der Waals surface area contributed by atoms with Crippen molar-refractivity contribution in [1.82, 2.24) is 0 Å². The second kappa shape index (κ2) is 3.46. The zero-order valence-corrected chi connectivity index (χ0v) is 10.3. The Morgan fingerprint density at radius 2 is 1.69 bits per heavy atom. The molecule has 92 valence electrons. The fraction of sp³-hybridized carbons (Fsp3) is 1.00. The monoisotopic (exact) mass is 224 g/mol. The summed E-state index contributed by atoms with van der Waals surface area (Å²) in [6.07, 6.45) is 8.31. The summed E-state index contributed by atoms with van der Waals surface area (Å²) in [6, 6.07) is 0. The molecule has 0 aliphatic heterocycles. The molecular weight excluding hydrogens is 200 g/mol. The highest BCUT2D eigenvalue weighted by atomic mass is 16.3. The second-order valence-corrected chi connectivity index (χ2v) is 6.66. The number of hydrogen-bond donors (Lipinski definition) is 2. The number of rotatable bonds is 3. The molecule has 0 aromatic heterocycles. The first-order chi connectivity index (χ1) is 7.56. The largest absolute Gasteiger partial charge is 0.390 e. The third-order valence-electron chi connectivity index (χ3n) is 5.50. The Morgan fingerprint density at radius 3 is 2.19 bits per heavy atom. The van der Waals surface area contributed by atoms with Gasteiger partial charge in [0, 0.05) is 0 Å². The van der Waals surface area contributed by atoms with Gasteiger partial charge in [0.1, 0.15) is 0 Å². The highest BCUT2D eigenvalue weighted by Gasteiger charge is 2.60. The van der Waals surface area contributed by atoms with Gasteiger partial charge in [-0.2, -0.15) is 0 Å². The van der Waals surface area contributed by atoms with Gasteiger partial charge in [-0.15, -0.1) is 0 Å². The fourth-order valence-electron chi connectivity index (χ4n) is 4.90. The van der Waals surface area contributed by atoms with Crippen molar-refractivity contribution in [1.29, 1.82) is 0 Å². The minimum Gasteiger partial charge on any atom is -0.390 e.